The van der Waals surface area contributed by atoms with Crippen molar-refractivity contribution in [3.8, 4) is 0 Å². The lowest BCUT2D eigenvalue weighted by Gasteiger charge is -2.13. The van der Waals surface area contributed by atoms with Crippen LogP contribution < -0.4 is 21.6 Å². The van der Waals surface area contributed by atoms with Crippen molar-refractivity contribution in [2.45, 2.75) is 4.90 Å². The van der Waals surface area contributed by atoms with Gasteiger partial charge in [0, 0.05) is 30.9 Å². The van der Waals surface area contributed by atoms with Crippen LogP contribution in [0.1, 0.15) is 5.56 Å². The van der Waals surface area contributed by atoms with E-state index >= 15 is 0 Å². The molecule has 0 bridgehead atoms. The summed E-state index contributed by atoms with van der Waals surface area (Å²) in [6, 6.07) is 11.0. The number of hydrazine groups is 1. The third-order valence-corrected chi connectivity index (χ3v) is 5.05. The summed E-state index contributed by atoms with van der Waals surface area (Å²) in [7, 11) is -2.44. The summed E-state index contributed by atoms with van der Waals surface area (Å²) in [6.45, 7) is -0.548. The molecule has 6 N–H and O–H groups in total. The number of amides is 1. The van der Waals surface area contributed by atoms with Gasteiger partial charge in [0.15, 0.2) is 0 Å². The number of hydrogen-bond donors (Lipinski definition) is 4. The van der Waals surface area contributed by atoms with Crippen LogP contribution in [0, 0.1) is 10.1 Å². The predicted octanol–water partition coefficient (Wildman–Crippen LogP) is 0.574. The molecule has 0 atom stereocenters. The second kappa shape index (κ2) is 9.14. The fourth-order valence-electron chi connectivity index (χ4n) is 2.32. The first-order valence-electron chi connectivity index (χ1n) is 8.18. The van der Waals surface area contributed by atoms with Gasteiger partial charge < -0.3 is 16.1 Å². The van der Waals surface area contributed by atoms with Crippen LogP contribution in [0.2, 0.25) is 0 Å². The van der Waals surface area contributed by atoms with Crippen LogP contribution in [-0.2, 0) is 14.8 Å². The monoisotopic (exact) mass is 420 g/mol. The second-order valence-electron chi connectivity index (χ2n) is 5.92. The molecular weight excluding hydrogens is 400 g/mol. The van der Waals surface area contributed by atoms with Gasteiger partial charge in [-0.05, 0) is 18.2 Å². The lowest BCUT2D eigenvalue weighted by Crippen LogP contribution is -2.33. The molecule has 0 aromatic heterocycles. The maximum absolute atomic E-state index is 12.3. The van der Waals surface area contributed by atoms with Crippen molar-refractivity contribution in [3.05, 3.63) is 70.4 Å². The molecule has 29 heavy (non-hydrogen) atoms. The first-order valence-corrected chi connectivity index (χ1v) is 9.66. The van der Waals surface area contributed by atoms with E-state index in [9.17, 15) is 23.3 Å². The van der Waals surface area contributed by atoms with Crippen molar-refractivity contribution in [1.82, 2.24) is 9.73 Å². The van der Waals surface area contributed by atoms with Crippen LogP contribution in [0.25, 0.3) is 5.70 Å². The van der Waals surface area contributed by atoms with Crippen molar-refractivity contribution in [2.75, 3.05) is 18.9 Å². The molecule has 0 saturated carbocycles. The smallest absolute Gasteiger partial charge is 0.269 e. The molecule has 154 valence electrons. The quantitative estimate of drug-likeness (QED) is 0.272. The van der Waals surface area contributed by atoms with Gasteiger partial charge in [0.1, 0.15) is 0 Å². The summed E-state index contributed by atoms with van der Waals surface area (Å²) >= 11 is 0. The fourth-order valence-corrected chi connectivity index (χ4v) is 3.30. The number of carbonyl (C=O) groups is 1. The maximum atomic E-state index is 12.3. The zero-order valence-electron chi connectivity index (χ0n) is 15.4. The van der Waals surface area contributed by atoms with Crippen LogP contribution >= 0.6 is 0 Å². The van der Waals surface area contributed by atoms with E-state index in [1.807, 2.05) is 0 Å². The normalized spacial score (nSPS) is 11.7. The molecule has 1 amide bonds. The average Bonchev–Trinajstić information content (AvgIpc) is 2.66. The molecule has 0 saturated heterocycles. The number of nitro benzene ring substituents is 1. The fraction of sp³-hybridized carbons (Fsp3) is 0.118. The second-order valence-corrected chi connectivity index (χ2v) is 7.69. The number of non-ortho nitro benzene ring substituents is 1. The Morgan fingerprint density at radius 1 is 1.21 bits per heavy atom. The largest absolute Gasteiger partial charge is 0.397 e. The number of nitrogens with two attached hydrogens (primary N) is 2. The predicted molar refractivity (Wildman–Crippen MR) is 107 cm³/mol. The SMILES string of the molecule is CN(N)/C=C(\N)c1ccccc1NC(=O)CNS(=O)(=O)c1ccc([N+](=O)[O-])cc1. The Labute approximate surface area is 167 Å². The number of anilines is 1. The number of nitro groups is 1. The van der Waals surface area contributed by atoms with Crippen LogP contribution in [0.4, 0.5) is 11.4 Å². The minimum absolute atomic E-state index is 0.200. The number of nitrogens with zero attached hydrogens (tertiary/aromatic N) is 2. The number of nitrogens with one attached hydrogen (secondary N) is 2. The molecule has 2 rings (SSSR count). The van der Waals surface area contributed by atoms with Crippen molar-refractivity contribution in [1.29, 1.82) is 0 Å². The summed E-state index contributed by atoms with van der Waals surface area (Å²) in [6.07, 6.45) is 1.46. The maximum Gasteiger partial charge on any atom is 0.269 e. The molecule has 0 unspecified atom stereocenters. The third-order valence-electron chi connectivity index (χ3n) is 3.64. The topological polar surface area (TPSA) is 174 Å². The van der Waals surface area contributed by atoms with Crippen molar-refractivity contribution < 1.29 is 18.1 Å². The number of sulfonamides is 1. The van der Waals surface area contributed by atoms with Crippen LogP contribution in [0.15, 0.2) is 59.6 Å². The minimum atomic E-state index is -4.03. The van der Waals surface area contributed by atoms with Gasteiger partial charge in [-0.15, -0.1) is 0 Å². The van der Waals surface area contributed by atoms with E-state index in [-0.39, 0.29) is 10.6 Å². The zero-order valence-corrected chi connectivity index (χ0v) is 16.2. The molecule has 0 aliphatic rings. The average molecular weight is 420 g/mol. The van der Waals surface area contributed by atoms with E-state index < -0.39 is 27.4 Å². The standard InChI is InChI=1S/C17H20N6O5S/c1-22(19)11-15(18)14-4-2-3-5-16(14)21-17(24)10-20-29(27,28)13-8-6-12(7-9-13)23(25)26/h2-9,11,20H,10,18-19H2,1H3,(H,21,24)/b15-11-. The lowest BCUT2D eigenvalue weighted by molar-refractivity contribution is -0.384. The first kappa shape index (κ1) is 21.8. The number of carbonyl (C=O) groups excluding carboxylic acids is 1. The Morgan fingerprint density at radius 2 is 1.83 bits per heavy atom. The Morgan fingerprint density at radius 3 is 2.41 bits per heavy atom. The molecule has 0 fully saturated rings. The molecule has 0 heterocycles. The number of benzene rings is 2. The van der Waals surface area contributed by atoms with Gasteiger partial charge in [0.05, 0.1) is 27.7 Å². The summed E-state index contributed by atoms with van der Waals surface area (Å²) < 4.78 is 26.7. The highest BCUT2D eigenvalue weighted by molar-refractivity contribution is 7.89. The zero-order chi connectivity index (χ0) is 21.6. The molecule has 0 radical (unpaired) electrons. The van der Waals surface area contributed by atoms with Gasteiger partial charge >= 0.3 is 0 Å². The molecule has 2 aromatic rings. The number of hydrogen-bond acceptors (Lipinski definition) is 8. The third kappa shape index (κ3) is 6.00. The van der Waals surface area contributed by atoms with Gasteiger partial charge in [0.2, 0.25) is 15.9 Å². The molecular formula is C17H20N6O5S. The van der Waals surface area contributed by atoms with E-state index in [0.29, 0.717) is 16.9 Å². The highest BCUT2D eigenvalue weighted by Crippen LogP contribution is 2.20. The molecule has 0 spiro atoms. The van der Waals surface area contributed by atoms with Crippen LogP contribution in [-0.4, -0.2) is 37.8 Å². The van der Waals surface area contributed by atoms with Gasteiger partial charge in [-0.2, -0.15) is 0 Å². The Kier molecular flexibility index (Phi) is 6.88. The molecule has 12 heteroatoms. The Balaban J connectivity index is 2.07. The summed E-state index contributed by atoms with van der Waals surface area (Å²) in [5.74, 6) is 4.91. The van der Waals surface area contributed by atoms with E-state index in [0.717, 1.165) is 24.3 Å². The van der Waals surface area contributed by atoms with Crippen LogP contribution in [0.5, 0.6) is 0 Å². The Hall–Kier alpha value is -3.48. The highest BCUT2D eigenvalue weighted by atomic mass is 32.2. The van der Waals surface area contributed by atoms with E-state index in [4.69, 9.17) is 11.6 Å². The van der Waals surface area contributed by atoms with Gasteiger partial charge in [-0.3, -0.25) is 14.9 Å². The van der Waals surface area contributed by atoms with Crippen molar-refractivity contribution >= 4 is 33.0 Å². The summed E-state index contributed by atoms with van der Waals surface area (Å²) in [5.41, 5.74) is 6.90. The van der Waals surface area contributed by atoms with Crippen molar-refractivity contribution in [3.63, 3.8) is 0 Å². The van der Waals surface area contributed by atoms with Gasteiger partial charge in [-0.1, -0.05) is 18.2 Å². The van der Waals surface area contributed by atoms with E-state index in [2.05, 4.69) is 10.0 Å². The number of rotatable bonds is 8. The first-order chi connectivity index (χ1) is 13.6. The van der Waals surface area contributed by atoms with Gasteiger partial charge in [-0.25, -0.2) is 19.0 Å². The van der Waals surface area contributed by atoms with Crippen molar-refractivity contribution in [2.24, 2.45) is 11.6 Å². The van der Waals surface area contributed by atoms with Crippen LogP contribution in [0.3, 0.4) is 0 Å². The number of para-hydroxylation sites is 1. The molecule has 11 nitrogen and oxygen atoms in total. The van der Waals surface area contributed by atoms with E-state index in [1.54, 1.807) is 31.3 Å². The summed E-state index contributed by atoms with van der Waals surface area (Å²) in [5, 5.41) is 14.5. The highest BCUT2D eigenvalue weighted by Gasteiger charge is 2.17. The van der Waals surface area contributed by atoms with Gasteiger partial charge in [0.25, 0.3) is 5.69 Å². The molecule has 2 aromatic carbocycles. The lowest BCUT2D eigenvalue weighted by atomic mass is 10.1. The summed E-state index contributed by atoms with van der Waals surface area (Å²) in [4.78, 5) is 22.0. The Bertz CT molecular complexity index is 1030. The molecule has 0 aliphatic carbocycles. The minimum Gasteiger partial charge on any atom is -0.397 e. The molecule has 0 aliphatic heterocycles. The van der Waals surface area contributed by atoms with E-state index in [1.165, 1.54) is 11.2 Å².